The third-order valence-electron chi connectivity index (χ3n) is 3.82. The predicted molar refractivity (Wildman–Crippen MR) is 86.9 cm³/mol. The Morgan fingerprint density at radius 2 is 1.75 bits per heavy atom. The molecule has 0 heterocycles. The Kier molecular flexibility index (Phi) is 5.89. The first kappa shape index (κ1) is 15.4. The summed E-state index contributed by atoms with van der Waals surface area (Å²) in [5.41, 5.74) is 0.969. The van der Waals surface area contributed by atoms with Crippen molar-refractivity contribution in [3.05, 3.63) is 28.7 Å². The van der Waals surface area contributed by atoms with E-state index in [9.17, 15) is 4.79 Å². The van der Waals surface area contributed by atoms with Gasteiger partial charge in [0.05, 0.1) is 0 Å². The molecule has 1 aromatic carbocycles. The van der Waals surface area contributed by atoms with Gasteiger partial charge in [0.15, 0.2) is 0 Å². The molecule has 0 saturated heterocycles. The lowest BCUT2D eigenvalue weighted by Crippen LogP contribution is -2.43. The molecule has 0 unspecified atom stereocenters. The van der Waals surface area contributed by atoms with Gasteiger partial charge in [-0.05, 0) is 44.0 Å². The first-order valence-corrected chi connectivity index (χ1v) is 8.27. The molecule has 0 radical (unpaired) electrons. The first-order valence-electron chi connectivity index (χ1n) is 7.47. The van der Waals surface area contributed by atoms with Gasteiger partial charge < -0.3 is 10.6 Å². The molecule has 1 amide bonds. The van der Waals surface area contributed by atoms with Crippen LogP contribution >= 0.6 is 15.9 Å². The highest BCUT2D eigenvalue weighted by Gasteiger charge is 2.18. The molecule has 0 aliphatic heterocycles. The van der Waals surface area contributed by atoms with Crippen LogP contribution in [0.4, 0.5) is 5.69 Å². The van der Waals surface area contributed by atoms with Gasteiger partial charge >= 0.3 is 0 Å². The molecule has 4 heteroatoms. The maximum absolute atomic E-state index is 12.2. The Hall–Kier alpha value is -1.03. The minimum absolute atomic E-state index is 0.0971. The van der Waals surface area contributed by atoms with E-state index in [1.807, 2.05) is 31.2 Å². The van der Waals surface area contributed by atoms with Crippen molar-refractivity contribution in [2.75, 3.05) is 5.32 Å². The highest BCUT2D eigenvalue weighted by molar-refractivity contribution is 9.10. The fourth-order valence-electron chi connectivity index (χ4n) is 2.61. The van der Waals surface area contributed by atoms with Crippen molar-refractivity contribution in [1.82, 2.24) is 5.32 Å². The van der Waals surface area contributed by atoms with Crippen molar-refractivity contribution < 1.29 is 4.79 Å². The molecule has 1 saturated carbocycles. The fourth-order valence-corrected chi connectivity index (χ4v) is 2.88. The van der Waals surface area contributed by atoms with Crippen molar-refractivity contribution >= 4 is 27.5 Å². The average molecular weight is 339 g/mol. The Balaban J connectivity index is 1.83. The molecule has 0 bridgehead atoms. The van der Waals surface area contributed by atoms with E-state index < -0.39 is 0 Å². The molecule has 1 fully saturated rings. The highest BCUT2D eigenvalue weighted by Crippen LogP contribution is 2.18. The van der Waals surface area contributed by atoms with Gasteiger partial charge in [-0.25, -0.2) is 0 Å². The topological polar surface area (TPSA) is 41.1 Å². The molecular weight excluding hydrogens is 316 g/mol. The van der Waals surface area contributed by atoms with Crippen LogP contribution in [0.3, 0.4) is 0 Å². The second kappa shape index (κ2) is 7.67. The summed E-state index contributed by atoms with van der Waals surface area (Å²) < 4.78 is 1.04. The summed E-state index contributed by atoms with van der Waals surface area (Å²) >= 11 is 3.41. The van der Waals surface area contributed by atoms with Crippen LogP contribution in [0, 0.1) is 0 Å². The third-order valence-corrected chi connectivity index (χ3v) is 4.35. The normalized spacial score (nSPS) is 18.1. The highest BCUT2D eigenvalue weighted by atomic mass is 79.9. The van der Waals surface area contributed by atoms with E-state index in [0.717, 1.165) is 23.0 Å². The van der Waals surface area contributed by atoms with Crippen LogP contribution in [-0.2, 0) is 4.79 Å². The fraction of sp³-hybridized carbons (Fsp3) is 0.562. The summed E-state index contributed by atoms with van der Waals surface area (Å²) in [6.45, 7) is 1.91. The van der Waals surface area contributed by atoms with Crippen LogP contribution in [0.25, 0.3) is 0 Å². The van der Waals surface area contributed by atoms with Crippen LogP contribution in [0.1, 0.15) is 45.4 Å². The summed E-state index contributed by atoms with van der Waals surface area (Å²) in [5, 5.41) is 6.42. The molecule has 1 atom stereocenters. The monoisotopic (exact) mass is 338 g/mol. The summed E-state index contributed by atoms with van der Waals surface area (Å²) in [5.74, 6) is 0.0971. The van der Waals surface area contributed by atoms with E-state index >= 15 is 0 Å². The van der Waals surface area contributed by atoms with E-state index in [2.05, 4.69) is 26.6 Å². The first-order chi connectivity index (χ1) is 9.65. The Labute approximate surface area is 129 Å². The number of hydrogen-bond acceptors (Lipinski definition) is 2. The maximum atomic E-state index is 12.2. The van der Waals surface area contributed by atoms with Gasteiger partial charge in [-0.3, -0.25) is 4.79 Å². The number of hydrogen-bond donors (Lipinski definition) is 2. The number of carbonyl (C=O) groups is 1. The van der Waals surface area contributed by atoms with Crippen molar-refractivity contribution in [3.8, 4) is 0 Å². The van der Waals surface area contributed by atoms with Crippen LogP contribution in [0.5, 0.6) is 0 Å². The number of rotatable bonds is 4. The SMILES string of the molecule is C[C@@H](Nc1ccc(Br)cc1)C(=O)NC1CCCCCC1. The number of anilines is 1. The van der Waals surface area contributed by atoms with Gasteiger partial charge in [-0.15, -0.1) is 0 Å². The third kappa shape index (κ3) is 4.82. The predicted octanol–water partition coefficient (Wildman–Crippen LogP) is 4.09. The van der Waals surface area contributed by atoms with Crippen molar-refractivity contribution in [1.29, 1.82) is 0 Å². The second-order valence-corrected chi connectivity index (χ2v) is 6.49. The minimum atomic E-state index is -0.209. The smallest absolute Gasteiger partial charge is 0.242 e. The zero-order valence-corrected chi connectivity index (χ0v) is 13.6. The van der Waals surface area contributed by atoms with Crippen molar-refractivity contribution in [3.63, 3.8) is 0 Å². The van der Waals surface area contributed by atoms with E-state index in [4.69, 9.17) is 0 Å². The Bertz CT molecular complexity index is 425. The van der Waals surface area contributed by atoms with Crippen LogP contribution in [-0.4, -0.2) is 18.0 Å². The number of amides is 1. The summed E-state index contributed by atoms with van der Waals surface area (Å²) in [6, 6.07) is 8.04. The van der Waals surface area contributed by atoms with E-state index in [-0.39, 0.29) is 11.9 Å². The summed E-state index contributed by atoms with van der Waals surface area (Å²) in [4.78, 5) is 12.2. The lowest BCUT2D eigenvalue weighted by Gasteiger charge is -2.20. The van der Waals surface area contributed by atoms with Gasteiger partial charge in [0.2, 0.25) is 5.91 Å². The van der Waals surface area contributed by atoms with Gasteiger partial charge in [0.25, 0.3) is 0 Å². The van der Waals surface area contributed by atoms with Gasteiger partial charge in [0, 0.05) is 16.2 Å². The molecule has 3 nitrogen and oxygen atoms in total. The van der Waals surface area contributed by atoms with Crippen LogP contribution in [0.2, 0.25) is 0 Å². The Morgan fingerprint density at radius 1 is 1.15 bits per heavy atom. The van der Waals surface area contributed by atoms with Crippen molar-refractivity contribution in [2.24, 2.45) is 0 Å². The molecule has 1 aliphatic carbocycles. The Morgan fingerprint density at radius 3 is 2.35 bits per heavy atom. The van der Waals surface area contributed by atoms with Crippen LogP contribution in [0.15, 0.2) is 28.7 Å². The minimum Gasteiger partial charge on any atom is -0.374 e. The van der Waals surface area contributed by atoms with Crippen LogP contribution < -0.4 is 10.6 Å². The number of carbonyl (C=O) groups excluding carboxylic acids is 1. The molecule has 20 heavy (non-hydrogen) atoms. The maximum Gasteiger partial charge on any atom is 0.242 e. The zero-order valence-electron chi connectivity index (χ0n) is 12.0. The lowest BCUT2D eigenvalue weighted by atomic mass is 10.1. The molecule has 110 valence electrons. The number of halogens is 1. The molecular formula is C16H23BrN2O. The average Bonchev–Trinajstić information content (AvgIpc) is 2.70. The summed E-state index contributed by atoms with van der Waals surface area (Å²) in [6.07, 6.45) is 7.32. The van der Waals surface area contributed by atoms with E-state index in [1.54, 1.807) is 0 Å². The quantitative estimate of drug-likeness (QED) is 0.812. The summed E-state index contributed by atoms with van der Waals surface area (Å²) in [7, 11) is 0. The molecule has 2 N–H and O–H groups in total. The van der Waals surface area contributed by atoms with Gasteiger partial charge in [-0.2, -0.15) is 0 Å². The second-order valence-electron chi connectivity index (χ2n) is 5.57. The number of benzene rings is 1. The largest absolute Gasteiger partial charge is 0.374 e. The zero-order chi connectivity index (χ0) is 14.4. The molecule has 1 aromatic rings. The molecule has 0 aromatic heterocycles. The molecule has 0 spiro atoms. The van der Waals surface area contributed by atoms with E-state index in [1.165, 1.54) is 25.7 Å². The molecule has 2 rings (SSSR count). The lowest BCUT2D eigenvalue weighted by molar-refractivity contribution is -0.122. The standard InChI is InChI=1S/C16H23BrN2O/c1-12(18-15-10-8-13(17)9-11-15)16(20)19-14-6-4-2-3-5-7-14/h8-12,14,18H,2-7H2,1H3,(H,19,20)/t12-/m1/s1. The molecule has 1 aliphatic rings. The van der Waals surface area contributed by atoms with E-state index in [0.29, 0.717) is 6.04 Å². The number of nitrogens with one attached hydrogen (secondary N) is 2. The van der Waals surface area contributed by atoms with Gasteiger partial charge in [0.1, 0.15) is 6.04 Å². The van der Waals surface area contributed by atoms with Crippen molar-refractivity contribution in [2.45, 2.75) is 57.5 Å². The van der Waals surface area contributed by atoms with Gasteiger partial charge in [-0.1, -0.05) is 41.6 Å².